The molecule has 1 heterocycles. The molecule has 1 atom stereocenters. The Morgan fingerprint density at radius 1 is 1.33 bits per heavy atom. The summed E-state index contributed by atoms with van der Waals surface area (Å²) in [6.45, 7) is 4.35. The van der Waals surface area contributed by atoms with Crippen molar-refractivity contribution in [2.24, 2.45) is 5.92 Å². The Kier molecular flexibility index (Phi) is 5.33. The molecule has 5 heteroatoms. The van der Waals surface area contributed by atoms with E-state index in [0.717, 1.165) is 19.5 Å². The summed E-state index contributed by atoms with van der Waals surface area (Å²) in [6.07, 6.45) is 0.830. The van der Waals surface area contributed by atoms with Gasteiger partial charge in [-0.2, -0.15) is 0 Å². The van der Waals surface area contributed by atoms with Gasteiger partial charge in [0.15, 0.2) is 5.78 Å². The number of Topliss-reactive ketones (excluding diaryl/α,β-unsaturated/α-hetero) is 1. The number of hydrogen-bond acceptors (Lipinski definition) is 5. The number of esters is 1. The van der Waals surface area contributed by atoms with Crippen molar-refractivity contribution in [3.05, 3.63) is 29.8 Å². The molecule has 1 saturated heterocycles. The number of para-hydroxylation sites is 1. The molecule has 1 aliphatic heterocycles. The molecule has 1 aromatic rings. The van der Waals surface area contributed by atoms with Crippen LogP contribution in [0.3, 0.4) is 0 Å². The van der Waals surface area contributed by atoms with Crippen LogP contribution >= 0.6 is 0 Å². The van der Waals surface area contributed by atoms with Gasteiger partial charge in [0.2, 0.25) is 0 Å². The van der Waals surface area contributed by atoms with Gasteiger partial charge in [0.1, 0.15) is 12.4 Å². The zero-order chi connectivity index (χ0) is 15.2. The predicted octanol–water partition coefficient (Wildman–Crippen LogP) is 1.76. The second-order valence-corrected chi connectivity index (χ2v) is 5.21. The summed E-state index contributed by atoms with van der Waals surface area (Å²) >= 11 is 0. The fourth-order valence-electron chi connectivity index (χ4n) is 2.56. The van der Waals surface area contributed by atoms with E-state index in [9.17, 15) is 9.59 Å². The highest BCUT2D eigenvalue weighted by molar-refractivity contribution is 5.96. The third-order valence-electron chi connectivity index (χ3n) is 3.74. The van der Waals surface area contributed by atoms with Crippen LogP contribution in [0.15, 0.2) is 24.3 Å². The first-order valence-electron chi connectivity index (χ1n) is 7.14. The first-order chi connectivity index (χ1) is 10.1. The molecule has 1 aromatic carbocycles. The van der Waals surface area contributed by atoms with Crippen LogP contribution < -0.4 is 4.74 Å². The van der Waals surface area contributed by atoms with E-state index in [1.807, 2.05) is 12.1 Å². The van der Waals surface area contributed by atoms with Gasteiger partial charge >= 0.3 is 5.97 Å². The van der Waals surface area contributed by atoms with Crippen molar-refractivity contribution in [1.82, 2.24) is 4.90 Å². The molecule has 0 radical (unpaired) electrons. The molecular formula is C16H21NO4. The number of benzene rings is 1. The Labute approximate surface area is 124 Å². The number of carbonyl (C=O) groups is 2. The number of nitrogens with zero attached hydrogens (tertiary/aromatic N) is 1. The molecule has 21 heavy (non-hydrogen) atoms. The van der Waals surface area contributed by atoms with E-state index in [1.54, 1.807) is 12.1 Å². The lowest BCUT2D eigenvalue weighted by Crippen LogP contribution is -2.28. The fourth-order valence-corrected chi connectivity index (χ4v) is 2.56. The van der Waals surface area contributed by atoms with E-state index in [0.29, 0.717) is 24.5 Å². The van der Waals surface area contributed by atoms with Crippen LogP contribution in [0.1, 0.15) is 23.7 Å². The van der Waals surface area contributed by atoms with Crippen molar-refractivity contribution in [3.63, 3.8) is 0 Å². The van der Waals surface area contributed by atoms with Gasteiger partial charge in [-0.3, -0.25) is 14.5 Å². The number of hydrogen-bond donors (Lipinski definition) is 0. The van der Waals surface area contributed by atoms with Crippen molar-refractivity contribution in [3.8, 4) is 5.75 Å². The molecule has 2 rings (SSSR count). The minimum absolute atomic E-state index is 0.00229. The summed E-state index contributed by atoms with van der Waals surface area (Å²) in [5.41, 5.74) is 0.603. The van der Waals surface area contributed by atoms with Crippen molar-refractivity contribution < 1.29 is 19.1 Å². The Morgan fingerprint density at radius 3 is 2.81 bits per heavy atom. The summed E-state index contributed by atoms with van der Waals surface area (Å²) in [4.78, 5) is 25.1. The molecule has 0 amide bonds. The number of ketones is 1. The Hall–Kier alpha value is -1.88. The van der Waals surface area contributed by atoms with E-state index in [1.165, 1.54) is 14.0 Å². The molecule has 5 nitrogen and oxygen atoms in total. The number of ether oxygens (including phenoxy) is 2. The van der Waals surface area contributed by atoms with Gasteiger partial charge in [0.25, 0.3) is 0 Å². The van der Waals surface area contributed by atoms with Crippen molar-refractivity contribution in [2.75, 3.05) is 33.4 Å². The number of methoxy groups -OCH3 is 1. The summed E-state index contributed by atoms with van der Waals surface area (Å²) in [6, 6.07) is 7.24. The van der Waals surface area contributed by atoms with E-state index in [-0.39, 0.29) is 17.7 Å². The second-order valence-electron chi connectivity index (χ2n) is 5.21. The van der Waals surface area contributed by atoms with E-state index in [2.05, 4.69) is 4.90 Å². The van der Waals surface area contributed by atoms with Gasteiger partial charge in [-0.05, 0) is 32.0 Å². The monoisotopic (exact) mass is 291 g/mol. The molecule has 0 N–H and O–H groups in total. The standard InChI is InChI=1S/C16H21NO4/c1-12(18)14-5-3-4-6-15(14)21-10-9-17-8-7-13(11-17)16(19)20-2/h3-6,13H,7-11H2,1-2H3. The summed E-state index contributed by atoms with van der Waals surface area (Å²) in [7, 11) is 1.42. The van der Waals surface area contributed by atoms with Crippen molar-refractivity contribution in [2.45, 2.75) is 13.3 Å². The van der Waals surface area contributed by atoms with Gasteiger partial charge in [-0.15, -0.1) is 0 Å². The molecular weight excluding hydrogens is 270 g/mol. The molecule has 1 fully saturated rings. The van der Waals surface area contributed by atoms with Gasteiger partial charge < -0.3 is 9.47 Å². The zero-order valence-electron chi connectivity index (χ0n) is 12.5. The quantitative estimate of drug-likeness (QED) is 0.590. The van der Waals surface area contributed by atoms with E-state index < -0.39 is 0 Å². The van der Waals surface area contributed by atoms with Crippen LogP contribution in [0, 0.1) is 5.92 Å². The highest BCUT2D eigenvalue weighted by Crippen LogP contribution is 2.20. The van der Waals surface area contributed by atoms with Gasteiger partial charge in [-0.1, -0.05) is 12.1 Å². The van der Waals surface area contributed by atoms with Crippen LogP contribution in [0.5, 0.6) is 5.75 Å². The molecule has 114 valence electrons. The molecule has 0 saturated carbocycles. The maximum Gasteiger partial charge on any atom is 0.310 e. The lowest BCUT2D eigenvalue weighted by molar-refractivity contribution is -0.144. The van der Waals surface area contributed by atoms with Gasteiger partial charge in [0.05, 0.1) is 18.6 Å². The average molecular weight is 291 g/mol. The maximum absolute atomic E-state index is 11.5. The SMILES string of the molecule is COC(=O)C1CCN(CCOc2ccccc2C(C)=O)C1. The average Bonchev–Trinajstić information content (AvgIpc) is 2.95. The van der Waals surface area contributed by atoms with Crippen LogP contribution in [0.25, 0.3) is 0 Å². The maximum atomic E-state index is 11.5. The van der Waals surface area contributed by atoms with Crippen LogP contribution in [-0.2, 0) is 9.53 Å². The third kappa shape index (κ3) is 4.04. The number of likely N-dealkylation sites (tertiary alicyclic amines) is 1. The molecule has 0 aliphatic carbocycles. The van der Waals surface area contributed by atoms with Crippen LogP contribution in [0.2, 0.25) is 0 Å². The highest BCUT2D eigenvalue weighted by atomic mass is 16.5. The smallest absolute Gasteiger partial charge is 0.310 e. The van der Waals surface area contributed by atoms with E-state index >= 15 is 0 Å². The summed E-state index contributed by atoms with van der Waals surface area (Å²) in [5.74, 6) is 0.450. The van der Waals surface area contributed by atoms with Gasteiger partial charge in [-0.25, -0.2) is 0 Å². The lowest BCUT2D eigenvalue weighted by Gasteiger charge is -2.16. The summed E-state index contributed by atoms with van der Waals surface area (Å²) < 4.78 is 10.5. The van der Waals surface area contributed by atoms with Crippen LogP contribution in [0.4, 0.5) is 0 Å². The molecule has 0 spiro atoms. The summed E-state index contributed by atoms with van der Waals surface area (Å²) in [5, 5.41) is 0. The normalized spacial score (nSPS) is 18.5. The molecule has 0 bridgehead atoms. The predicted molar refractivity (Wildman–Crippen MR) is 78.5 cm³/mol. The number of rotatable bonds is 6. The Morgan fingerprint density at radius 2 is 2.10 bits per heavy atom. The lowest BCUT2D eigenvalue weighted by atomic mass is 10.1. The first kappa shape index (κ1) is 15.5. The minimum atomic E-state index is -0.139. The molecule has 0 aromatic heterocycles. The second kappa shape index (κ2) is 7.22. The Bertz CT molecular complexity index is 515. The highest BCUT2D eigenvalue weighted by Gasteiger charge is 2.28. The Balaban J connectivity index is 1.81. The van der Waals surface area contributed by atoms with Crippen LogP contribution in [-0.4, -0.2) is 50.0 Å². The largest absolute Gasteiger partial charge is 0.491 e. The van der Waals surface area contributed by atoms with Crippen molar-refractivity contribution >= 4 is 11.8 Å². The first-order valence-corrected chi connectivity index (χ1v) is 7.14. The van der Waals surface area contributed by atoms with Crippen molar-refractivity contribution in [1.29, 1.82) is 0 Å². The van der Waals surface area contributed by atoms with Gasteiger partial charge in [0, 0.05) is 13.1 Å². The topological polar surface area (TPSA) is 55.8 Å². The molecule has 1 aliphatic rings. The molecule has 1 unspecified atom stereocenters. The fraction of sp³-hybridized carbons (Fsp3) is 0.500. The minimum Gasteiger partial charge on any atom is -0.491 e. The number of carbonyl (C=O) groups excluding carboxylic acids is 2. The van der Waals surface area contributed by atoms with E-state index in [4.69, 9.17) is 9.47 Å². The zero-order valence-corrected chi connectivity index (χ0v) is 12.5. The third-order valence-corrected chi connectivity index (χ3v) is 3.74.